The maximum Gasteiger partial charge on any atom is 0.177 e. The van der Waals surface area contributed by atoms with E-state index in [-0.39, 0.29) is 4.90 Å². The molecule has 0 spiro atoms. The van der Waals surface area contributed by atoms with Gasteiger partial charge >= 0.3 is 0 Å². The summed E-state index contributed by atoms with van der Waals surface area (Å²) >= 11 is 3.50. The minimum atomic E-state index is -3.40. The normalized spacial score (nSPS) is 11.5. The van der Waals surface area contributed by atoms with E-state index in [1.165, 1.54) is 24.7 Å². The SMILES string of the molecule is CS(=O)(=O)c1ccncc1Nc1cc(-c2cccc(Br)c2)c2nccnc2c1. The number of benzene rings is 2. The molecule has 0 saturated carbocycles. The molecule has 0 aliphatic carbocycles. The van der Waals surface area contributed by atoms with E-state index >= 15 is 0 Å². The van der Waals surface area contributed by atoms with E-state index in [0.717, 1.165) is 21.1 Å². The number of fused-ring (bicyclic) bond motifs is 1. The van der Waals surface area contributed by atoms with E-state index in [0.29, 0.717) is 16.9 Å². The summed E-state index contributed by atoms with van der Waals surface area (Å²) in [6.45, 7) is 0. The summed E-state index contributed by atoms with van der Waals surface area (Å²) in [5, 5.41) is 3.17. The zero-order chi connectivity index (χ0) is 19.7. The van der Waals surface area contributed by atoms with Crippen molar-refractivity contribution >= 4 is 48.2 Å². The van der Waals surface area contributed by atoms with Crippen molar-refractivity contribution in [2.45, 2.75) is 4.90 Å². The van der Waals surface area contributed by atoms with Gasteiger partial charge in [0.15, 0.2) is 9.84 Å². The molecular formula is C20H15BrN4O2S. The Kier molecular flexibility index (Phi) is 4.82. The Balaban J connectivity index is 1.89. The van der Waals surface area contributed by atoms with Gasteiger partial charge in [-0.05, 0) is 35.9 Å². The van der Waals surface area contributed by atoms with Crippen LogP contribution in [0.2, 0.25) is 0 Å². The van der Waals surface area contributed by atoms with Gasteiger partial charge in [0.25, 0.3) is 0 Å². The molecule has 0 saturated heterocycles. The molecule has 2 heterocycles. The highest BCUT2D eigenvalue weighted by molar-refractivity contribution is 9.10. The van der Waals surface area contributed by atoms with Crippen molar-refractivity contribution in [3.8, 4) is 11.1 Å². The van der Waals surface area contributed by atoms with Crippen LogP contribution in [0.1, 0.15) is 0 Å². The molecular weight excluding hydrogens is 440 g/mol. The molecule has 2 aromatic carbocycles. The molecule has 4 rings (SSSR count). The monoisotopic (exact) mass is 454 g/mol. The number of halogens is 1. The van der Waals surface area contributed by atoms with Gasteiger partial charge in [-0.2, -0.15) is 0 Å². The largest absolute Gasteiger partial charge is 0.353 e. The lowest BCUT2D eigenvalue weighted by Gasteiger charge is -2.13. The van der Waals surface area contributed by atoms with Gasteiger partial charge in [-0.3, -0.25) is 15.0 Å². The second-order valence-corrected chi connectivity index (χ2v) is 9.13. The molecule has 6 nitrogen and oxygen atoms in total. The second kappa shape index (κ2) is 7.29. The molecule has 0 fully saturated rings. The molecule has 1 N–H and O–H groups in total. The van der Waals surface area contributed by atoms with Crippen LogP contribution in [0.15, 0.2) is 76.6 Å². The number of anilines is 2. The van der Waals surface area contributed by atoms with Gasteiger partial charge in [0.05, 0.1) is 27.8 Å². The van der Waals surface area contributed by atoms with Gasteiger partial charge in [-0.1, -0.05) is 28.1 Å². The van der Waals surface area contributed by atoms with Crippen molar-refractivity contribution in [1.82, 2.24) is 15.0 Å². The van der Waals surface area contributed by atoms with Crippen LogP contribution in [0.5, 0.6) is 0 Å². The Morgan fingerprint density at radius 3 is 2.61 bits per heavy atom. The standard InChI is InChI=1S/C20H15BrN4O2S/c1-28(26,27)19-5-6-22-12-18(19)25-15-10-16(13-3-2-4-14(21)9-13)20-17(11-15)23-7-8-24-20/h2-12,25H,1H3. The number of pyridine rings is 1. The summed E-state index contributed by atoms with van der Waals surface area (Å²) in [5.74, 6) is 0. The van der Waals surface area contributed by atoms with Crippen molar-refractivity contribution in [2.75, 3.05) is 11.6 Å². The van der Waals surface area contributed by atoms with Crippen LogP contribution >= 0.6 is 15.9 Å². The molecule has 2 aromatic heterocycles. The Morgan fingerprint density at radius 1 is 1.00 bits per heavy atom. The molecule has 0 amide bonds. The number of nitrogens with one attached hydrogen (secondary N) is 1. The first-order chi connectivity index (χ1) is 13.4. The quantitative estimate of drug-likeness (QED) is 0.484. The summed E-state index contributed by atoms with van der Waals surface area (Å²) < 4.78 is 25.1. The molecule has 0 radical (unpaired) electrons. The minimum Gasteiger partial charge on any atom is -0.353 e. The molecule has 0 aliphatic rings. The van der Waals surface area contributed by atoms with Crippen molar-refractivity contribution in [2.24, 2.45) is 0 Å². The second-order valence-electron chi connectivity index (χ2n) is 6.23. The lowest BCUT2D eigenvalue weighted by molar-refractivity contribution is 0.602. The first-order valence-corrected chi connectivity index (χ1v) is 11.0. The zero-order valence-electron chi connectivity index (χ0n) is 14.8. The highest BCUT2D eigenvalue weighted by Crippen LogP contribution is 2.33. The molecule has 4 aromatic rings. The van der Waals surface area contributed by atoms with Gasteiger partial charge < -0.3 is 5.32 Å². The summed E-state index contributed by atoms with van der Waals surface area (Å²) in [6, 6.07) is 13.1. The predicted molar refractivity (Wildman–Crippen MR) is 113 cm³/mol. The van der Waals surface area contributed by atoms with E-state index < -0.39 is 9.84 Å². The van der Waals surface area contributed by atoms with Gasteiger partial charge in [0, 0.05) is 40.6 Å². The molecule has 0 atom stereocenters. The summed E-state index contributed by atoms with van der Waals surface area (Å²) in [7, 11) is -3.40. The number of sulfone groups is 1. The van der Waals surface area contributed by atoms with Gasteiger partial charge in [-0.25, -0.2) is 8.42 Å². The topological polar surface area (TPSA) is 84.8 Å². The van der Waals surface area contributed by atoms with Crippen LogP contribution in [-0.2, 0) is 9.84 Å². The Hall–Kier alpha value is -2.84. The zero-order valence-corrected chi connectivity index (χ0v) is 17.2. The third-order valence-electron chi connectivity index (χ3n) is 4.17. The molecule has 0 unspecified atom stereocenters. The number of nitrogens with zero attached hydrogens (tertiary/aromatic N) is 3. The highest BCUT2D eigenvalue weighted by Gasteiger charge is 2.15. The summed E-state index contributed by atoms with van der Waals surface area (Å²) in [6.07, 6.45) is 7.41. The van der Waals surface area contributed by atoms with Gasteiger partial charge in [0.1, 0.15) is 0 Å². The van der Waals surface area contributed by atoms with Crippen molar-refractivity contribution in [3.63, 3.8) is 0 Å². The van der Waals surface area contributed by atoms with Crippen LogP contribution in [0.25, 0.3) is 22.2 Å². The summed E-state index contributed by atoms with van der Waals surface area (Å²) in [5.41, 5.74) is 4.43. The molecule has 140 valence electrons. The third-order valence-corrected chi connectivity index (χ3v) is 5.82. The highest BCUT2D eigenvalue weighted by atomic mass is 79.9. The molecule has 0 aliphatic heterocycles. The van der Waals surface area contributed by atoms with E-state index in [2.05, 4.69) is 36.2 Å². The van der Waals surface area contributed by atoms with E-state index in [1.54, 1.807) is 12.4 Å². The molecule has 8 heteroatoms. The number of aromatic nitrogens is 3. The maximum absolute atomic E-state index is 12.1. The molecule has 28 heavy (non-hydrogen) atoms. The third kappa shape index (κ3) is 3.74. The average Bonchev–Trinajstić information content (AvgIpc) is 2.67. The average molecular weight is 455 g/mol. The minimum absolute atomic E-state index is 0.186. The first kappa shape index (κ1) is 18.5. The van der Waals surface area contributed by atoms with E-state index in [4.69, 9.17) is 0 Å². The van der Waals surface area contributed by atoms with Crippen LogP contribution in [0, 0.1) is 0 Å². The van der Waals surface area contributed by atoms with Gasteiger partial charge in [-0.15, -0.1) is 0 Å². The van der Waals surface area contributed by atoms with Crippen molar-refractivity contribution in [3.05, 3.63) is 71.7 Å². The lowest BCUT2D eigenvalue weighted by Crippen LogP contribution is -2.03. The fourth-order valence-corrected chi connectivity index (χ4v) is 4.19. The smallest absolute Gasteiger partial charge is 0.177 e. The predicted octanol–water partition coefficient (Wildman–Crippen LogP) is 4.60. The lowest BCUT2D eigenvalue weighted by atomic mass is 10.0. The van der Waals surface area contributed by atoms with Crippen LogP contribution in [0.4, 0.5) is 11.4 Å². The van der Waals surface area contributed by atoms with Crippen LogP contribution in [-0.4, -0.2) is 29.6 Å². The Labute approximate surface area is 170 Å². The van der Waals surface area contributed by atoms with Crippen LogP contribution < -0.4 is 5.32 Å². The number of hydrogen-bond acceptors (Lipinski definition) is 6. The Bertz CT molecular complexity index is 1290. The van der Waals surface area contributed by atoms with Crippen molar-refractivity contribution in [1.29, 1.82) is 0 Å². The van der Waals surface area contributed by atoms with E-state index in [1.807, 2.05) is 36.4 Å². The fraction of sp³-hybridized carbons (Fsp3) is 0.0500. The summed E-state index contributed by atoms with van der Waals surface area (Å²) in [4.78, 5) is 13.1. The van der Waals surface area contributed by atoms with Crippen LogP contribution in [0.3, 0.4) is 0 Å². The van der Waals surface area contributed by atoms with Crippen molar-refractivity contribution < 1.29 is 8.42 Å². The Morgan fingerprint density at radius 2 is 1.82 bits per heavy atom. The maximum atomic E-state index is 12.1. The first-order valence-electron chi connectivity index (χ1n) is 8.33. The molecule has 0 bridgehead atoms. The number of hydrogen-bond donors (Lipinski definition) is 1. The number of rotatable bonds is 4. The van der Waals surface area contributed by atoms with Gasteiger partial charge in [0.2, 0.25) is 0 Å². The van der Waals surface area contributed by atoms with E-state index in [9.17, 15) is 8.42 Å². The fourth-order valence-electron chi connectivity index (χ4n) is 2.98.